The summed E-state index contributed by atoms with van der Waals surface area (Å²) in [7, 11) is 0. The molecule has 0 aliphatic heterocycles. The van der Waals surface area contributed by atoms with E-state index in [1.165, 1.54) is 0 Å². The van der Waals surface area contributed by atoms with Crippen molar-refractivity contribution in [3.05, 3.63) is 33.8 Å². The summed E-state index contributed by atoms with van der Waals surface area (Å²) in [5.41, 5.74) is 0.607. The van der Waals surface area contributed by atoms with Gasteiger partial charge in [-0.25, -0.2) is 0 Å². The molecule has 1 rings (SSSR count). The molecule has 1 aromatic rings. The lowest BCUT2D eigenvalue weighted by molar-refractivity contribution is -0.119. The van der Waals surface area contributed by atoms with Crippen molar-refractivity contribution in [1.82, 2.24) is 0 Å². The first-order valence-electron chi connectivity index (χ1n) is 4.97. The summed E-state index contributed by atoms with van der Waals surface area (Å²) in [6, 6.07) is 6.84. The average molecular weight is 256 g/mol. The molecule has 0 bridgehead atoms. The second-order valence-electron chi connectivity index (χ2n) is 3.45. The Balaban J connectivity index is 3.01. The van der Waals surface area contributed by atoms with Gasteiger partial charge in [0.2, 0.25) is 0 Å². The van der Waals surface area contributed by atoms with E-state index in [2.05, 4.69) is 0 Å². The van der Waals surface area contributed by atoms with Gasteiger partial charge in [0.1, 0.15) is 5.92 Å². The van der Waals surface area contributed by atoms with Crippen LogP contribution in [-0.4, -0.2) is 5.78 Å². The molecule has 0 aliphatic carbocycles. The molecule has 0 saturated heterocycles. The van der Waals surface area contributed by atoms with Crippen LogP contribution >= 0.6 is 23.2 Å². The van der Waals surface area contributed by atoms with Crippen molar-refractivity contribution >= 4 is 29.0 Å². The quantitative estimate of drug-likeness (QED) is 0.817. The highest BCUT2D eigenvalue weighted by Crippen LogP contribution is 2.27. The van der Waals surface area contributed by atoms with Crippen molar-refractivity contribution in [2.45, 2.75) is 25.7 Å². The van der Waals surface area contributed by atoms with Crippen LogP contribution in [0.5, 0.6) is 0 Å². The monoisotopic (exact) mass is 255 g/mol. The molecule has 0 aromatic heterocycles. The van der Waals surface area contributed by atoms with Crippen LogP contribution in [0.1, 0.15) is 31.2 Å². The number of benzene rings is 1. The Kier molecular flexibility index (Phi) is 4.79. The maximum Gasteiger partial charge on any atom is 0.154 e. The fourth-order valence-electron chi connectivity index (χ4n) is 1.42. The van der Waals surface area contributed by atoms with Crippen LogP contribution in [0.3, 0.4) is 0 Å². The molecular formula is C12H11Cl2NO. The van der Waals surface area contributed by atoms with E-state index in [-0.39, 0.29) is 5.78 Å². The van der Waals surface area contributed by atoms with Crippen molar-refractivity contribution in [2.75, 3.05) is 0 Å². The number of nitrogens with zero attached hydrogens (tertiary/aromatic N) is 1. The fourth-order valence-corrected chi connectivity index (χ4v) is 1.72. The highest BCUT2D eigenvalue weighted by atomic mass is 35.5. The summed E-state index contributed by atoms with van der Waals surface area (Å²) in [5.74, 6) is -0.821. The highest BCUT2D eigenvalue weighted by molar-refractivity contribution is 6.42. The first kappa shape index (κ1) is 13.0. The van der Waals surface area contributed by atoms with Gasteiger partial charge in [0.15, 0.2) is 5.78 Å². The Morgan fingerprint density at radius 2 is 2.12 bits per heavy atom. The molecule has 1 aromatic carbocycles. The van der Waals surface area contributed by atoms with E-state index in [0.717, 1.165) is 6.42 Å². The summed E-state index contributed by atoms with van der Waals surface area (Å²) in [4.78, 5) is 11.7. The van der Waals surface area contributed by atoms with Gasteiger partial charge in [0, 0.05) is 6.42 Å². The van der Waals surface area contributed by atoms with Gasteiger partial charge in [0.25, 0.3) is 0 Å². The number of carbonyl (C=O) groups excluding carboxylic acids is 1. The molecule has 16 heavy (non-hydrogen) atoms. The van der Waals surface area contributed by atoms with Gasteiger partial charge >= 0.3 is 0 Å². The SMILES string of the molecule is CCCC(=O)C(C#N)c1ccc(Cl)c(Cl)c1. The second kappa shape index (κ2) is 5.89. The first-order chi connectivity index (χ1) is 7.60. The molecule has 0 heterocycles. The third-order valence-electron chi connectivity index (χ3n) is 2.22. The normalized spacial score (nSPS) is 11.9. The van der Waals surface area contributed by atoms with Crippen molar-refractivity contribution in [3.63, 3.8) is 0 Å². The van der Waals surface area contributed by atoms with Gasteiger partial charge in [-0.3, -0.25) is 4.79 Å². The van der Waals surface area contributed by atoms with Crippen LogP contribution in [-0.2, 0) is 4.79 Å². The molecule has 0 amide bonds. The minimum atomic E-state index is -0.741. The van der Waals surface area contributed by atoms with Gasteiger partial charge in [-0.2, -0.15) is 5.26 Å². The largest absolute Gasteiger partial charge is 0.298 e. The van der Waals surface area contributed by atoms with Crippen LogP contribution in [0.2, 0.25) is 10.0 Å². The van der Waals surface area contributed by atoms with E-state index in [0.29, 0.717) is 22.0 Å². The van der Waals surface area contributed by atoms with Crippen LogP contribution in [0.15, 0.2) is 18.2 Å². The Morgan fingerprint density at radius 1 is 1.44 bits per heavy atom. The van der Waals surface area contributed by atoms with Crippen molar-refractivity contribution in [1.29, 1.82) is 5.26 Å². The van der Waals surface area contributed by atoms with Crippen LogP contribution < -0.4 is 0 Å². The summed E-state index contributed by atoms with van der Waals surface area (Å²) in [5, 5.41) is 9.78. The van der Waals surface area contributed by atoms with Crippen molar-refractivity contribution in [3.8, 4) is 6.07 Å². The Morgan fingerprint density at radius 3 is 2.62 bits per heavy atom. The highest BCUT2D eigenvalue weighted by Gasteiger charge is 2.19. The number of ketones is 1. The van der Waals surface area contributed by atoms with Gasteiger partial charge in [-0.15, -0.1) is 0 Å². The summed E-state index contributed by atoms with van der Waals surface area (Å²) >= 11 is 11.6. The maximum absolute atomic E-state index is 11.7. The third-order valence-corrected chi connectivity index (χ3v) is 2.96. The first-order valence-corrected chi connectivity index (χ1v) is 5.73. The number of nitriles is 1. The van der Waals surface area contributed by atoms with Gasteiger partial charge in [-0.05, 0) is 24.1 Å². The van der Waals surface area contributed by atoms with Gasteiger partial charge < -0.3 is 0 Å². The lowest BCUT2D eigenvalue weighted by atomic mass is 9.94. The van der Waals surface area contributed by atoms with Crippen LogP contribution in [0.4, 0.5) is 0 Å². The summed E-state index contributed by atoms with van der Waals surface area (Å²) in [6.45, 7) is 1.90. The standard InChI is InChI=1S/C12H11Cl2NO/c1-2-3-12(16)9(7-15)8-4-5-10(13)11(14)6-8/h4-6,9H,2-3H2,1H3. The van der Waals surface area contributed by atoms with Crippen LogP contribution in [0.25, 0.3) is 0 Å². The summed E-state index contributed by atoms with van der Waals surface area (Å²) in [6.07, 6.45) is 1.14. The predicted molar refractivity (Wildman–Crippen MR) is 64.7 cm³/mol. The molecule has 0 spiro atoms. The lowest BCUT2D eigenvalue weighted by Gasteiger charge is -2.08. The number of rotatable bonds is 4. The van der Waals surface area contributed by atoms with E-state index >= 15 is 0 Å². The molecule has 84 valence electrons. The van der Waals surface area contributed by atoms with E-state index in [9.17, 15) is 4.79 Å². The van der Waals surface area contributed by atoms with Crippen molar-refractivity contribution < 1.29 is 4.79 Å². The number of hydrogen-bond acceptors (Lipinski definition) is 2. The third kappa shape index (κ3) is 2.98. The molecule has 2 nitrogen and oxygen atoms in total. The van der Waals surface area contributed by atoms with Crippen molar-refractivity contribution in [2.24, 2.45) is 0 Å². The molecule has 4 heteroatoms. The Labute approximate surface area is 105 Å². The predicted octanol–water partition coefficient (Wildman–Crippen LogP) is 3.97. The molecule has 0 radical (unpaired) electrons. The second-order valence-corrected chi connectivity index (χ2v) is 4.27. The minimum absolute atomic E-state index is 0.0802. The van der Waals surface area contributed by atoms with Gasteiger partial charge in [-0.1, -0.05) is 36.2 Å². The number of halogens is 2. The zero-order valence-electron chi connectivity index (χ0n) is 8.84. The zero-order chi connectivity index (χ0) is 12.1. The molecule has 0 fully saturated rings. The molecule has 0 aliphatic rings. The average Bonchev–Trinajstić information content (AvgIpc) is 2.25. The molecule has 0 saturated carbocycles. The number of carbonyl (C=O) groups is 1. The van der Waals surface area contributed by atoms with Crippen LogP contribution in [0, 0.1) is 11.3 Å². The van der Waals surface area contributed by atoms with E-state index in [1.807, 2.05) is 13.0 Å². The minimum Gasteiger partial charge on any atom is -0.298 e. The molecule has 1 unspecified atom stereocenters. The Hall–Kier alpha value is -1.04. The smallest absolute Gasteiger partial charge is 0.154 e. The van der Waals surface area contributed by atoms with E-state index in [4.69, 9.17) is 28.5 Å². The van der Waals surface area contributed by atoms with E-state index < -0.39 is 5.92 Å². The molecule has 0 N–H and O–H groups in total. The Bertz CT molecular complexity index is 437. The lowest BCUT2D eigenvalue weighted by Crippen LogP contribution is -2.10. The maximum atomic E-state index is 11.7. The molecular weight excluding hydrogens is 245 g/mol. The van der Waals surface area contributed by atoms with E-state index in [1.54, 1.807) is 18.2 Å². The zero-order valence-corrected chi connectivity index (χ0v) is 10.3. The molecule has 1 atom stereocenters. The summed E-state index contributed by atoms with van der Waals surface area (Å²) < 4.78 is 0. The number of hydrogen-bond donors (Lipinski definition) is 0. The topological polar surface area (TPSA) is 40.9 Å². The van der Waals surface area contributed by atoms with Gasteiger partial charge in [0.05, 0.1) is 16.1 Å². The fraction of sp³-hybridized carbons (Fsp3) is 0.333. The number of Topliss-reactive ketones (excluding diaryl/α,β-unsaturated/α-hetero) is 1.